The van der Waals surface area contributed by atoms with Crippen molar-refractivity contribution >= 4 is 21.7 Å². The van der Waals surface area contributed by atoms with Crippen LogP contribution < -0.4 is 5.73 Å². The normalized spacial score (nSPS) is 17.1. The van der Waals surface area contributed by atoms with Gasteiger partial charge in [-0.3, -0.25) is 9.59 Å². The number of piperazine rings is 1. The van der Waals surface area contributed by atoms with Crippen molar-refractivity contribution in [3.05, 3.63) is 29.8 Å². The molecule has 1 saturated heterocycles. The van der Waals surface area contributed by atoms with E-state index in [2.05, 4.69) is 0 Å². The fourth-order valence-corrected chi connectivity index (χ4v) is 3.95. The van der Waals surface area contributed by atoms with Crippen LogP contribution in [0.5, 0.6) is 0 Å². The molecule has 1 heterocycles. The maximum absolute atomic E-state index is 12.7. The van der Waals surface area contributed by atoms with Crippen LogP contribution in [0.3, 0.4) is 0 Å². The van der Waals surface area contributed by atoms with Gasteiger partial charge in [-0.25, -0.2) is 8.42 Å². The van der Waals surface area contributed by atoms with Gasteiger partial charge in [0.05, 0.1) is 4.90 Å². The van der Waals surface area contributed by atoms with Crippen LogP contribution in [-0.2, 0) is 14.8 Å². The molecule has 0 aliphatic carbocycles. The predicted octanol–water partition coefficient (Wildman–Crippen LogP) is 0.0709. The second-order valence-electron chi connectivity index (χ2n) is 5.55. The zero-order valence-electron chi connectivity index (χ0n) is 13.1. The lowest BCUT2D eigenvalue weighted by Gasteiger charge is -2.33. The van der Waals surface area contributed by atoms with E-state index in [1.54, 1.807) is 12.1 Å². The number of carbonyl (C=O) groups is 2. The minimum Gasteiger partial charge on any atom is -0.370 e. The van der Waals surface area contributed by atoms with E-state index < -0.39 is 10.0 Å². The van der Waals surface area contributed by atoms with Gasteiger partial charge >= 0.3 is 0 Å². The molecule has 126 valence electrons. The first-order chi connectivity index (χ1) is 10.8. The maximum atomic E-state index is 12.7. The molecule has 0 atom stereocenters. The van der Waals surface area contributed by atoms with Gasteiger partial charge in [0.25, 0.3) is 0 Å². The van der Waals surface area contributed by atoms with Gasteiger partial charge in [-0.05, 0) is 19.1 Å². The SMILES string of the molecule is CC(=O)c1cccc(S(=O)(=O)N2CCN(CCC(N)=O)CC2)c1. The second kappa shape index (κ2) is 7.20. The summed E-state index contributed by atoms with van der Waals surface area (Å²) >= 11 is 0. The van der Waals surface area contributed by atoms with Crippen LogP contribution in [0.1, 0.15) is 23.7 Å². The van der Waals surface area contributed by atoms with E-state index in [1.165, 1.54) is 23.4 Å². The number of nitrogens with zero attached hydrogens (tertiary/aromatic N) is 2. The van der Waals surface area contributed by atoms with Crippen LogP contribution in [0.15, 0.2) is 29.2 Å². The first-order valence-corrected chi connectivity index (χ1v) is 8.86. The van der Waals surface area contributed by atoms with Gasteiger partial charge < -0.3 is 10.6 Å². The molecule has 0 radical (unpaired) electrons. The molecule has 2 N–H and O–H groups in total. The summed E-state index contributed by atoms with van der Waals surface area (Å²) in [7, 11) is -3.61. The fraction of sp³-hybridized carbons (Fsp3) is 0.467. The summed E-state index contributed by atoms with van der Waals surface area (Å²) in [6.45, 7) is 3.76. The lowest BCUT2D eigenvalue weighted by molar-refractivity contribution is -0.118. The lowest BCUT2D eigenvalue weighted by atomic mass is 10.2. The molecule has 0 bridgehead atoms. The summed E-state index contributed by atoms with van der Waals surface area (Å²) in [5.74, 6) is -0.528. The van der Waals surface area contributed by atoms with Gasteiger partial charge in [0.2, 0.25) is 15.9 Å². The van der Waals surface area contributed by atoms with E-state index in [0.717, 1.165) is 0 Å². The number of benzene rings is 1. The monoisotopic (exact) mass is 339 g/mol. The molecule has 1 fully saturated rings. The molecule has 0 saturated carbocycles. The molecule has 1 aliphatic heterocycles. The molecule has 23 heavy (non-hydrogen) atoms. The van der Waals surface area contributed by atoms with E-state index in [-0.39, 0.29) is 23.0 Å². The highest BCUT2D eigenvalue weighted by Crippen LogP contribution is 2.19. The molecule has 1 aromatic carbocycles. The van der Waals surface area contributed by atoms with Crippen LogP contribution in [0.25, 0.3) is 0 Å². The Morgan fingerprint density at radius 2 is 1.83 bits per heavy atom. The molecule has 1 amide bonds. The number of ketones is 1. The van der Waals surface area contributed by atoms with E-state index in [0.29, 0.717) is 38.3 Å². The zero-order chi connectivity index (χ0) is 17.0. The van der Waals surface area contributed by atoms with Gasteiger partial charge in [0, 0.05) is 44.7 Å². The smallest absolute Gasteiger partial charge is 0.243 e. The number of rotatable bonds is 6. The Balaban J connectivity index is 2.06. The summed E-state index contributed by atoms with van der Waals surface area (Å²) in [6, 6.07) is 6.09. The molecule has 7 nitrogen and oxygen atoms in total. The Bertz CT molecular complexity index is 694. The molecule has 1 aliphatic rings. The number of Topliss-reactive ketones (excluding diaryl/α,β-unsaturated/α-hetero) is 1. The standard InChI is InChI=1S/C15H21N3O4S/c1-12(19)13-3-2-4-14(11-13)23(21,22)18-9-7-17(8-10-18)6-5-15(16)20/h2-4,11H,5-10H2,1H3,(H2,16,20). The lowest BCUT2D eigenvalue weighted by Crippen LogP contribution is -2.49. The Kier molecular flexibility index (Phi) is 5.51. The summed E-state index contributed by atoms with van der Waals surface area (Å²) in [6.07, 6.45) is 0.271. The van der Waals surface area contributed by atoms with Gasteiger partial charge in [0.15, 0.2) is 5.78 Å². The molecule has 0 unspecified atom stereocenters. The third-order valence-corrected chi connectivity index (χ3v) is 5.78. The Morgan fingerprint density at radius 1 is 1.17 bits per heavy atom. The minimum atomic E-state index is -3.61. The number of amides is 1. The largest absolute Gasteiger partial charge is 0.370 e. The van der Waals surface area contributed by atoms with Gasteiger partial charge in [-0.2, -0.15) is 4.31 Å². The van der Waals surface area contributed by atoms with Gasteiger partial charge in [-0.1, -0.05) is 12.1 Å². The average molecular weight is 339 g/mol. The first kappa shape index (κ1) is 17.6. The maximum Gasteiger partial charge on any atom is 0.243 e. The highest BCUT2D eigenvalue weighted by molar-refractivity contribution is 7.89. The number of carbonyl (C=O) groups excluding carboxylic acids is 2. The highest BCUT2D eigenvalue weighted by Gasteiger charge is 2.28. The summed E-state index contributed by atoms with van der Waals surface area (Å²) in [5, 5.41) is 0. The molecule has 2 rings (SSSR count). The number of sulfonamides is 1. The Hall–Kier alpha value is -1.77. The van der Waals surface area contributed by atoms with E-state index >= 15 is 0 Å². The fourth-order valence-electron chi connectivity index (χ4n) is 2.49. The molecule has 1 aromatic rings. The summed E-state index contributed by atoms with van der Waals surface area (Å²) in [5.41, 5.74) is 5.50. The molecule has 0 aromatic heterocycles. The van der Waals surface area contributed by atoms with Crippen molar-refractivity contribution in [1.82, 2.24) is 9.21 Å². The van der Waals surface area contributed by atoms with Crippen molar-refractivity contribution < 1.29 is 18.0 Å². The van der Waals surface area contributed by atoms with Crippen molar-refractivity contribution in [1.29, 1.82) is 0 Å². The Morgan fingerprint density at radius 3 is 2.39 bits per heavy atom. The summed E-state index contributed by atoms with van der Waals surface area (Å²) in [4.78, 5) is 24.4. The van der Waals surface area contributed by atoms with E-state index in [9.17, 15) is 18.0 Å². The number of hydrogen-bond acceptors (Lipinski definition) is 5. The first-order valence-electron chi connectivity index (χ1n) is 7.42. The third-order valence-electron chi connectivity index (χ3n) is 3.88. The van der Waals surface area contributed by atoms with Gasteiger partial charge in [0.1, 0.15) is 0 Å². The highest BCUT2D eigenvalue weighted by atomic mass is 32.2. The average Bonchev–Trinajstić information content (AvgIpc) is 2.53. The minimum absolute atomic E-state index is 0.135. The predicted molar refractivity (Wildman–Crippen MR) is 85.5 cm³/mol. The van der Waals surface area contributed by atoms with Crippen LogP contribution in [0.4, 0.5) is 0 Å². The van der Waals surface area contributed by atoms with Crippen LogP contribution in [-0.4, -0.2) is 62.0 Å². The zero-order valence-corrected chi connectivity index (χ0v) is 13.9. The van der Waals surface area contributed by atoms with Crippen molar-refractivity contribution in [2.45, 2.75) is 18.2 Å². The van der Waals surface area contributed by atoms with Crippen LogP contribution in [0, 0.1) is 0 Å². The third kappa shape index (κ3) is 4.37. The van der Waals surface area contributed by atoms with Crippen molar-refractivity contribution in [2.75, 3.05) is 32.7 Å². The van der Waals surface area contributed by atoms with Crippen molar-refractivity contribution in [3.8, 4) is 0 Å². The van der Waals surface area contributed by atoms with E-state index in [4.69, 9.17) is 5.73 Å². The topological polar surface area (TPSA) is 101 Å². The molecular formula is C15H21N3O4S. The van der Waals surface area contributed by atoms with Gasteiger partial charge in [-0.15, -0.1) is 0 Å². The Labute approximate surface area is 136 Å². The van der Waals surface area contributed by atoms with Crippen molar-refractivity contribution in [3.63, 3.8) is 0 Å². The quantitative estimate of drug-likeness (QED) is 0.739. The number of primary amides is 1. The molecule has 8 heteroatoms. The molecule has 0 spiro atoms. The van der Waals surface area contributed by atoms with Crippen molar-refractivity contribution in [2.24, 2.45) is 5.73 Å². The van der Waals surface area contributed by atoms with E-state index in [1.807, 2.05) is 4.90 Å². The number of nitrogens with two attached hydrogens (primary N) is 1. The number of hydrogen-bond donors (Lipinski definition) is 1. The van der Waals surface area contributed by atoms with Crippen LogP contribution >= 0.6 is 0 Å². The molecular weight excluding hydrogens is 318 g/mol. The second-order valence-corrected chi connectivity index (χ2v) is 7.48. The van der Waals surface area contributed by atoms with Crippen LogP contribution in [0.2, 0.25) is 0 Å². The summed E-state index contributed by atoms with van der Waals surface area (Å²) < 4.78 is 26.7.